The fraction of sp³-hybridized carbons (Fsp3) is 0. The van der Waals surface area contributed by atoms with Gasteiger partial charge in [0.1, 0.15) is 11.2 Å². The number of benzene rings is 6. The molecule has 0 aliphatic carbocycles. The molecule has 0 bridgehead atoms. The summed E-state index contributed by atoms with van der Waals surface area (Å²) in [6.45, 7) is 0. The van der Waals surface area contributed by atoms with Gasteiger partial charge >= 0.3 is 0 Å². The Labute approximate surface area is 289 Å². The van der Waals surface area contributed by atoms with E-state index < -0.39 is 0 Å². The molecule has 0 fully saturated rings. The molecule has 0 amide bonds. The molecule has 0 saturated carbocycles. The molecule has 0 N–H and O–H groups in total. The zero-order chi connectivity index (χ0) is 32.1. The lowest BCUT2D eigenvalue weighted by atomic mass is 10.0. The molecule has 6 aromatic carbocycles. The van der Waals surface area contributed by atoms with Crippen LogP contribution in [-0.2, 0) is 0 Å². The number of para-hydroxylation sites is 3. The maximum Gasteiger partial charge on any atom is 0.135 e. The van der Waals surface area contributed by atoms with Crippen LogP contribution in [0.4, 0.5) is 0 Å². The number of hydrogen-bond donors (Lipinski definition) is 0. The molecular formula is C44H26N2OS2. The molecule has 0 radical (unpaired) electrons. The zero-order valence-electron chi connectivity index (χ0n) is 26.1. The monoisotopic (exact) mass is 662 g/mol. The summed E-state index contributed by atoms with van der Waals surface area (Å²) < 4.78 is 13.6. The van der Waals surface area contributed by atoms with Crippen molar-refractivity contribution in [2.75, 3.05) is 0 Å². The van der Waals surface area contributed by atoms with Crippen molar-refractivity contribution < 1.29 is 4.42 Å². The van der Waals surface area contributed by atoms with E-state index in [9.17, 15) is 0 Å². The van der Waals surface area contributed by atoms with Gasteiger partial charge in [0.2, 0.25) is 0 Å². The van der Waals surface area contributed by atoms with Crippen LogP contribution < -0.4 is 0 Å². The highest BCUT2D eigenvalue weighted by molar-refractivity contribution is 7.28. The van der Waals surface area contributed by atoms with Crippen LogP contribution in [0, 0.1) is 0 Å². The number of rotatable bonds is 4. The van der Waals surface area contributed by atoms with E-state index >= 15 is 0 Å². The van der Waals surface area contributed by atoms with Crippen LogP contribution in [0.5, 0.6) is 0 Å². The van der Waals surface area contributed by atoms with Crippen molar-refractivity contribution in [3.63, 3.8) is 0 Å². The van der Waals surface area contributed by atoms with Crippen LogP contribution in [0.1, 0.15) is 0 Å². The minimum atomic E-state index is 0.919. The Balaban J connectivity index is 0.999. The van der Waals surface area contributed by atoms with Crippen molar-refractivity contribution in [2.45, 2.75) is 0 Å². The summed E-state index contributed by atoms with van der Waals surface area (Å²) in [5.41, 5.74) is 12.8. The van der Waals surface area contributed by atoms with E-state index in [-0.39, 0.29) is 0 Å². The number of nitrogens with zero attached hydrogens (tertiary/aromatic N) is 2. The number of aromatic nitrogens is 2. The maximum atomic E-state index is 6.14. The number of thiophene rings is 2. The summed E-state index contributed by atoms with van der Waals surface area (Å²) in [6, 6.07) is 54.8. The predicted octanol–water partition coefficient (Wildman–Crippen LogP) is 13.2. The second-order valence-corrected chi connectivity index (χ2v) is 14.5. The van der Waals surface area contributed by atoms with Gasteiger partial charge in [-0.15, -0.1) is 22.7 Å². The Bertz CT molecular complexity index is 3040. The van der Waals surface area contributed by atoms with E-state index in [4.69, 9.17) is 4.42 Å². The van der Waals surface area contributed by atoms with Gasteiger partial charge in [0, 0.05) is 37.8 Å². The first-order valence-electron chi connectivity index (χ1n) is 16.4. The van der Waals surface area contributed by atoms with E-state index in [0.29, 0.717) is 0 Å². The largest absolute Gasteiger partial charge is 0.456 e. The quantitative estimate of drug-likeness (QED) is 0.184. The number of hydrogen-bond acceptors (Lipinski definition) is 3. The van der Waals surface area contributed by atoms with Gasteiger partial charge in [-0.1, -0.05) is 84.9 Å². The van der Waals surface area contributed by atoms with E-state index in [1.807, 2.05) is 34.8 Å². The molecular weight excluding hydrogens is 637 g/mol. The second kappa shape index (κ2) is 10.3. The molecule has 0 aliphatic rings. The molecule has 0 saturated heterocycles. The van der Waals surface area contributed by atoms with Crippen LogP contribution in [-0.4, -0.2) is 9.13 Å². The summed E-state index contributed by atoms with van der Waals surface area (Å²) in [5, 5.41) is 7.03. The highest BCUT2D eigenvalue weighted by Crippen LogP contribution is 2.44. The average Bonchev–Trinajstić information content (AvgIpc) is 3.98. The lowest BCUT2D eigenvalue weighted by Crippen LogP contribution is -1.92. The normalized spacial score (nSPS) is 12.1. The smallest absolute Gasteiger partial charge is 0.135 e. The van der Waals surface area contributed by atoms with Crippen molar-refractivity contribution in [1.29, 1.82) is 0 Å². The molecule has 0 unspecified atom stereocenters. The van der Waals surface area contributed by atoms with E-state index in [0.717, 1.165) is 27.6 Å². The van der Waals surface area contributed by atoms with Crippen molar-refractivity contribution in [3.8, 4) is 32.9 Å². The molecule has 5 heterocycles. The fourth-order valence-electron chi connectivity index (χ4n) is 7.60. The molecule has 0 spiro atoms. The number of furan rings is 1. The first-order valence-corrected chi connectivity index (χ1v) is 18.1. The standard InChI is InChI=1S/C44H26N2OS2/c1-2-8-30(9-3-1)45-36-12-6-4-10-32(36)34-24-29(18-20-37(34)45)27-14-16-28(17-15-27)42-26-39-44(49-42)43-38(22-23-48-43)46(39)31-19-21-41-35(25-31)33-11-5-7-13-40(33)47-41/h1-26H. The third kappa shape index (κ3) is 4.00. The van der Waals surface area contributed by atoms with Crippen LogP contribution in [0.2, 0.25) is 0 Å². The van der Waals surface area contributed by atoms with Gasteiger partial charge in [-0.05, 0) is 88.8 Å². The first-order chi connectivity index (χ1) is 24.3. The highest BCUT2D eigenvalue weighted by Gasteiger charge is 2.19. The molecule has 49 heavy (non-hydrogen) atoms. The lowest BCUT2D eigenvalue weighted by Gasteiger charge is -2.08. The molecule has 3 nitrogen and oxygen atoms in total. The van der Waals surface area contributed by atoms with Crippen molar-refractivity contribution in [3.05, 3.63) is 157 Å². The third-order valence-electron chi connectivity index (χ3n) is 9.85. The predicted molar refractivity (Wildman–Crippen MR) is 209 cm³/mol. The van der Waals surface area contributed by atoms with Crippen LogP contribution in [0.3, 0.4) is 0 Å². The molecule has 11 aromatic rings. The van der Waals surface area contributed by atoms with Crippen LogP contribution >= 0.6 is 22.7 Å². The van der Waals surface area contributed by atoms with Gasteiger partial charge in [-0.3, -0.25) is 0 Å². The van der Waals surface area contributed by atoms with Gasteiger partial charge in [-0.25, -0.2) is 0 Å². The van der Waals surface area contributed by atoms with Gasteiger partial charge in [0.05, 0.1) is 31.5 Å². The van der Waals surface area contributed by atoms with E-state index in [2.05, 4.69) is 154 Å². The molecule has 5 heteroatoms. The molecule has 5 aromatic heterocycles. The Hall–Kier alpha value is -5.88. The Morgan fingerprint density at radius 2 is 1.12 bits per heavy atom. The Morgan fingerprint density at radius 1 is 0.408 bits per heavy atom. The lowest BCUT2D eigenvalue weighted by molar-refractivity contribution is 0.669. The van der Waals surface area contributed by atoms with Gasteiger partial charge in [-0.2, -0.15) is 0 Å². The summed E-state index contributed by atoms with van der Waals surface area (Å²) >= 11 is 3.70. The summed E-state index contributed by atoms with van der Waals surface area (Å²) in [4.78, 5) is 1.27. The van der Waals surface area contributed by atoms with Crippen molar-refractivity contribution >= 4 is 86.9 Å². The van der Waals surface area contributed by atoms with E-state index in [1.165, 1.54) is 69.5 Å². The second-order valence-electron chi connectivity index (χ2n) is 12.6. The van der Waals surface area contributed by atoms with Gasteiger partial charge in [0.25, 0.3) is 0 Å². The van der Waals surface area contributed by atoms with E-state index in [1.54, 1.807) is 0 Å². The molecule has 0 aliphatic heterocycles. The van der Waals surface area contributed by atoms with Crippen molar-refractivity contribution in [2.24, 2.45) is 0 Å². The van der Waals surface area contributed by atoms with Gasteiger partial charge in [0.15, 0.2) is 0 Å². The summed E-state index contributed by atoms with van der Waals surface area (Å²) in [5.74, 6) is 0. The topological polar surface area (TPSA) is 23.0 Å². The maximum absolute atomic E-state index is 6.14. The van der Waals surface area contributed by atoms with Crippen LogP contribution in [0.15, 0.2) is 161 Å². The summed E-state index contributed by atoms with van der Waals surface area (Å²) in [6.07, 6.45) is 0. The fourth-order valence-corrected chi connectivity index (χ4v) is 9.79. The van der Waals surface area contributed by atoms with Gasteiger partial charge < -0.3 is 13.6 Å². The highest BCUT2D eigenvalue weighted by atomic mass is 32.1. The minimum absolute atomic E-state index is 0.919. The Kier molecular flexibility index (Phi) is 5.70. The minimum Gasteiger partial charge on any atom is -0.456 e. The molecule has 11 rings (SSSR count). The molecule has 230 valence electrons. The third-order valence-corrected chi connectivity index (χ3v) is 12.1. The number of fused-ring (bicyclic) bond motifs is 9. The average molecular weight is 663 g/mol. The SMILES string of the molecule is c1ccc(-n2c3ccccc3c3cc(-c4ccc(-c5cc6c(s5)c5sccc5n6-c5ccc6oc7ccccc7c6c5)cc4)ccc32)cc1. The van der Waals surface area contributed by atoms with Crippen molar-refractivity contribution in [1.82, 2.24) is 9.13 Å². The first kappa shape index (κ1) is 27.1. The summed E-state index contributed by atoms with van der Waals surface area (Å²) in [7, 11) is 0. The molecule has 0 atom stereocenters. The Morgan fingerprint density at radius 3 is 2.02 bits per heavy atom. The van der Waals surface area contributed by atoms with Crippen LogP contribution in [0.25, 0.3) is 97.1 Å². The zero-order valence-corrected chi connectivity index (χ0v) is 27.8.